The van der Waals surface area contributed by atoms with Gasteiger partial charge in [0.15, 0.2) is 0 Å². The van der Waals surface area contributed by atoms with Crippen LogP contribution >= 0.6 is 11.3 Å². The molecule has 136 valence electrons. The number of aryl methyl sites for hydroxylation is 1. The zero-order chi connectivity index (χ0) is 18.1. The van der Waals surface area contributed by atoms with Crippen LogP contribution in [0.2, 0.25) is 0 Å². The van der Waals surface area contributed by atoms with Gasteiger partial charge in [-0.1, -0.05) is 6.07 Å². The maximum absolute atomic E-state index is 12.6. The van der Waals surface area contributed by atoms with Gasteiger partial charge in [-0.15, -0.1) is 11.3 Å². The first kappa shape index (κ1) is 17.2. The highest BCUT2D eigenvalue weighted by molar-refractivity contribution is 7.91. The fourth-order valence-corrected chi connectivity index (χ4v) is 5.58. The van der Waals surface area contributed by atoms with Crippen LogP contribution in [0.4, 0.5) is 5.82 Å². The Morgan fingerprint density at radius 3 is 2.35 bits per heavy atom. The number of anilines is 1. The number of hydrogen-bond donors (Lipinski definition) is 0. The number of thiophene rings is 1. The second kappa shape index (κ2) is 6.82. The van der Waals surface area contributed by atoms with Gasteiger partial charge in [0.05, 0.1) is 0 Å². The lowest BCUT2D eigenvalue weighted by molar-refractivity contribution is 0.384. The van der Waals surface area contributed by atoms with Crippen LogP contribution in [0.15, 0.2) is 52.3 Å². The standard InChI is InChI=1S/C17H19N5O2S2/c1-14-18-15(20-6-2-3-7-20)13-16(19-14)21-8-10-22(11-9-21)26(23,24)17-5-4-12-25-17/h2-7,12-13H,8-11H2,1H3. The van der Waals surface area contributed by atoms with Crippen LogP contribution < -0.4 is 4.90 Å². The molecule has 0 atom stereocenters. The Hall–Kier alpha value is -2.23. The molecule has 0 N–H and O–H groups in total. The molecule has 9 heteroatoms. The quantitative estimate of drug-likeness (QED) is 0.684. The van der Waals surface area contributed by atoms with Crippen LogP contribution in [0.3, 0.4) is 0 Å². The minimum absolute atomic E-state index is 0.402. The van der Waals surface area contributed by atoms with Crippen LogP contribution in [0.1, 0.15) is 5.82 Å². The monoisotopic (exact) mass is 389 g/mol. The molecule has 0 radical (unpaired) electrons. The van der Waals surface area contributed by atoms with E-state index in [4.69, 9.17) is 0 Å². The third-order valence-corrected chi connectivity index (χ3v) is 7.60. The molecule has 7 nitrogen and oxygen atoms in total. The van der Waals surface area contributed by atoms with Crippen molar-refractivity contribution in [1.82, 2.24) is 18.8 Å². The van der Waals surface area contributed by atoms with E-state index in [0.29, 0.717) is 36.2 Å². The third-order valence-electron chi connectivity index (χ3n) is 4.33. The minimum atomic E-state index is -3.39. The van der Waals surface area contributed by atoms with Crippen molar-refractivity contribution in [1.29, 1.82) is 0 Å². The molecule has 3 aromatic heterocycles. The van der Waals surface area contributed by atoms with Gasteiger partial charge in [-0.2, -0.15) is 4.31 Å². The maximum atomic E-state index is 12.6. The molecule has 1 saturated heterocycles. The van der Waals surface area contributed by atoms with Gasteiger partial charge in [-0.05, 0) is 30.5 Å². The van der Waals surface area contributed by atoms with Gasteiger partial charge in [0.2, 0.25) is 0 Å². The molecule has 3 aromatic rings. The number of aromatic nitrogens is 3. The maximum Gasteiger partial charge on any atom is 0.252 e. The van der Waals surface area contributed by atoms with E-state index in [1.165, 1.54) is 11.3 Å². The zero-order valence-electron chi connectivity index (χ0n) is 14.3. The van der Waals surface area contributed by atoms with E-state index in [1.54, 1.807) is 21.8 Å². The van der Waals surface area contributed by atoms with Crippen molar-refractivity contribution in [2.75, 3.05) is 31.1 Å². The lowest BCUT2D eigenvalue weighted by Crippen LogP contribution is -2.48. The first-order valence-corrected chi connectivity index (χ1v) is 10.6. The van der Waals surface area contributed by atoms with Gasteiger partial charge in [0.1, 0.15) is 21.7 Å². The largest absolute Gasteiger partial charge is 0.354 e. The van der Waals surface area contributed by atoms with E-state index >= 15 is 0 Å². The highest BCUT2D eigenvalue weighted by Crippen LogP contribution is 2.24. The Kier molecular flexibility index (Phi) is 4.51. The lowest BCUT2D eigenvalue weighted by Gasteiger charge is -2.34. The molecule has 1 aliphatic heterocycles. The van der Waals surface area contributed by atoms with E-state index in [9.17, 15) is 8.42 Å². The Labute approximate surface area is 156 Å². The van der Waals surface area contributed by atoms with Crippen molar-refractivity contribution in [2.45, 2.75) is 11.1 Å². The summed E-state index contributed by atoms with van der Waals surface area (Å²) in [6, 6.07) is 9.26. The van der Waals surface area contributed by atoms with Crippen molar-refractivity contribution in [3.63, 3.8) is 0 Å². The molecule has 1 fully saturated rings. The molecule has 4 heterocycles. The number of nitrogens with zero attached hydrogens (tertiary/aromatic N) is 5. The van der Waals surface area contributed by atoms with Gasteiger partial charge in [-0.25, -0.2) is 18.4 Å². The summed E-state index contributed by atoms with van der Waals surface area (Å²) in [5, 5.41) is 1.79. The van der Waals surface area contributed by atoms with E-state index in [0.717, 1.165) is 11.6 Å². The van der Waals surface area contributed by atoms with Crippen molar-refractivity contribution in [3.8, 4) is 5.82 Å². The van der Waals surface area contributed by atoms with Gasteiger partial charge < -0.3 is 9.47 Å². The third kappa shape index (κ3) is 3.25. The summed E-state index contributed by atoms with van der Waals surface area (Å²) >= 11 is 1.26. The Morgan fingerprint density at radius 1 is 1.00 bits per heavy atom. The van der Waals surface area contributed by atoms with Crippen LogP contribution in [-0.4, -0.2) is 53.4 Å². The predicted molar refractivity (Wildman–Crippen MR) is 101 cm³/mol. The zero-order valence-corrected chi connectivity index (χ0v) is 15.9. The first-order valence-electron chi connectivity index (χ1n) is 8.32. The van der Waals surface area contributed by atoms with E-state index in [2.05, 4.69) is 14.9 Å². The van der Waals surface area contributed by atoms with E-state index in [1.807, 2.05) is 42.1 Å². The average molecular weight is 390 g/mol. The topological polar surface area (TPSA) is 71.3 Å². The summed E-state index contributed by atoms with van der Waals surface area (Å²) in [4.78, 5) is 11.1. The summed E-state index contributed by atoms with van der Waals surface area (Å²) < 4.78 is 29.2. The van der Waals surface area contributed by atoms with Gasteiger partial charge in [0.25, 0.3) is 10.0 Å². The SMILES string of the molecule is Cc1nc(N2CCN(S(=O)(=O)c3cccs3)CC2)cc(-n2cccc2)n1. The molecule has 0 unspecified atom stereocenters. The molecule has 26 heavy (non-hydrogen) atoms. The average Bonchev–Trinajstić information content (AvgIpc) is 3.35. The van der Waals surface area contributed by atoms with Crippen LogP contribution in [-0.2, 0) is 10.0 Å². The molecular weight excluding hydrogens is 370 g/mol. The van der Waals surface area contributed by atoms with Crippen LogP contribution in [0.5, 0.6) is 0 Å². The van der Waals surface area contributed by atoms with E-state index < -0.39 is 10.0 Å². The molecule has 0 aromatic carbocycles. The highest BCUT2D eigenvalue weighted by Gasteiger charge is 2.29. The number of piperazine rings is 1. The van der Waals surface area contributed by atoms with Crippen LogP contribution in [0.25, 0.3) is 5.82 Å². The normalized spacial score (nSPS) is 16.1. The molecule has 0 bridgehead atoms. The van der Waals surface area contributed by atoms with Gasteiger partial charge in [0, 0.05) is 44.6 Å². The van der Waals surface area contributed by atoms with Crippen molar-refractivity contribution in [2.24, 2.45) is 0 Å². The summed E-state index contributed by atoms with van der Waals surface area (Å²) in [5.74, 6) is 2.33. The second-order valence-electron chi connectivity index (χ2n) is 6.05. The fraction of sp³-hybridized carbons (Fsp3) is 0.294. The molecule has 0 aliphatic carbocycles. The first-order chi connectivity index (χ1) is 12.5. The summed E-state index contributed by atoms with van der Waals surface area (Å²) in [7, 11) is -3.39. The van der Waals surface area contributed by atoms with Crippen molar-refractivity contribution in [3.05, 3.63) is 53.9 Å². The summed E-state index contributed by atoms with van der Waals surface area (Å²) in [6.45, 7) is 3.97. The van der Waals surface area contributed by atoms with E-state index in [-0.39, 0.29) is 0 Å². The molecule has 1 aliphatic rings. The predicted octanol–water partition coefficient (Wildman–Crippen LogP) is 2.15. The van der Waals surface area contributed by atoms with Crippen molar-refractivity contribution < 1.29 is 8.42 Å². The number of sulfonamides is 1. The van der Waals surface area contributed by atoms with Gasteiger partial charge >= 0.3 is 0 Å². The number of rotatable bonds is 4. The van der Waals surface area contributed by atoms with Crippen LogP contribution in [0, 0.1) is 6.92 Å². The number of hydrogen-bond acceptors (Lipinski definition) is 6. The molecule has 0 spiro atoms. The molecular formula is C17H19N5O2S2. The minimum Gasteiger partial charge on any atom is -0.354 e. The lowest BCUT2D eigenvalue weighted by atomic mass is 10.3. The smallest absolute Gasteiger partial charge is 0.252 e. The molecule has 0 saturated carbocycles. The Bertz CT molecular complexity index is 976. The fourth-order valence-electron chi connectivity index (χ4n) is 3.01. The molecule has 4 rings (SSSR count). The van der Waals surface area contributed by atoms with Gasteiger partial charge in [-0.3, -0.25) is 0 Å². The second-order valence-corrected chi connectivity index (χ2v) is 9.16. The molecule has 0 amide bonds. The summed E-state index contributed by atoms with van der Waals surface area (Å²) in [5.41, 5.74) is 0. The Morgan fingerprint density at radius 2 is 1.69 bits per heavy atom. The highest BCUT2D eigenvalue weighted by atomic mass is 32.2. The Balaban J connectivity index is 1.52. The van der Waals surface area contributed by atoms with Crippen molar-refractivity contribution >= 4 is 27.2 Å². The summed E-state index contributed by atoms with van der Waals surface area (Å²) in [6.07, 6.45) is 3.88.